The number of rotatable bonds is 16. The third-order valence-corrected chi connectivity index (χ3v) is 24.6. The van der Waals surface area contributed by atoms with Crippen LogP contribution in [0, 0.1) is 0 Å². The molecule has 0 atom stereocenters. The molecule has 11 aromatic carbocycles. The largest absolute Gasteiger partial charge is 0.508 e. The van der Waals surface area contributed by atoms with Gasteiger partial charge in [0.2, 0.25) is 23.5 Å². The molecule has 0 saturated carbocycles. The summed E-state index contributed by atoms with van der Waals surface area (Å²) >= 11 is 4.83. The number of nitrogens with zero attached hydrogens (tertiary/aromatic N) is 12. The molecular formula is C102H74N12O13S3. The van der Waals surface area contributed by atoms with Crippen LogP contribution in [0.15, 0.2) is 320 Å². The lowest BCUT2D eigenvalue weighted by Gasteiger charge is -2.09. The van der Waals surface area contributed by atoms with Crippen molar-refractivity contribution >= 4 is 76.8 Å². The summed E-state index contributed by atoms with van der Waals surface area (Å²) < 4.78 is 8.88. The Morgan fingerprint density at radius 2 is 0.546 bits per heavy atom. The van der Waals surface area contributed by atoms with Crippen molar-refractivity contribution in [2.24, 2.45) is 0 Å². The number of hydrogen-bond donors (Lipinski definition) is 13. The molecule has 0 fully saturated rings. The zero-order valence-electron chi connectivity index (χ0n) is 68.3. The summed E-state index contributed by atoms with van der Waals surface area (Å²) in [5, 5.41) is 139. The van der Waals surface area contributed by atoms with Crippen molar-refractivity contribution < 1.29 is 66.4 Å². The number of imidazole rings is 4. The first-order chi connectivity index (χ1) is 63.2. The van der Waals surface area contributed by atoms with Crippen LogP contribution in [-0.2, 0) is 25.7 Å². The van der Waals surface area contributed by atoms with Gasteiger partial charge in [0.05, 0.1) is 27.7 Å². The van der Waals surface area contributed by atoms with E-state index in [2.05, 4.69) is 45.7 Å². The van der Waals surface area contributed by atoms with Crippen LogP contribution in [0.5, 0.6) is 75.3 Å². The monoisotopic (exact) mass is 1770 g/mol. The Balaban J connectivity index is 0.000000112. The number of thiophene rings is 3. The molecule has 11 heterocycles. The van der Waals surface area contributed by atoms with Gasteiger partial charge in [-0.15, -0.1) is 22.7 Å². The van der Waals surface area contributed by atoms with Gasteiger partial charge in [-0.2, -0.15) is 11.3 Å². The third-order valence-electron chi connectivity index (χ3n) is 21.8. The van der Waals surface area contributed by atoms with Crippen LogP contribution < -0.4 is 0 Å². The summed E-state index contributed by atoms with van der Waals surface area (Å²) in [5.74, 6) is 1.72. The van der Waals surface area contributed by atoms with Crippen molar-refractivity contribution in [1.82, 2.24) is 57.5 Å². The molecule has 0 amide bonds. The van der Waals surface area contributed by atoms with Crippen molar-refractivity contribution in [3.63, 3.8) is 0 Å². The van der Waals surface area contributed by atoms with E-state index in [-0.39, 0.29) is 75.3 Å². The summed E-state index contributed by atoms with van der Waals surface area (Å²) in [7, 11) is 0. The van der Waals surface area contributed by atoms with E-state index < -0.39 is 0 Å². The van der Waals surface area contributed by atoms with Crippen LogP contribution >= 0.6 is 34.0 Å². The van der Waals surface area contributed by atoms with Gasteiger partial charge >= 0.3 is 0 Å². The molecule has 22 rings (SSSR count). The normalized spacial score (nSPS) is 11.3. The van der Waals surface area contributed by atoms with Crippen molar-refractivity contribution in [2.75, 3.05) is 0 Å². The fraction of sp³-hybridized carbons (Fsp3) is 0.0392. The van der Waals surface area contributed by atoms with E-state index >= 15 is 0 Å². The zero-order valence-corrected chi connectivity index (χ0v) is 70.8. The minimum atomic E-state index is -0.00414. The lowest BCUT2D eigenvalue weighted by atomic mass is 10.1. The molecular weight excluding hydrogens is 1700 g/mol. The van der Waals surface area contributed by atoms with Crippen LogP contribution in [0.25, 0.3) is 132 Å². The van der Waals surface area contributed by atoms with Gasteiger partial charge in [-0.05, 0) is 227 Å². The topological polar surface area (TPSA) is 384 Å². The maximum absolute atomic E-state index is 11.1. The number of hydrogen-bond acceptors (Lipinski definition) is 24. The Hall–Kier alpha value is -17.1. The van der Waals surface area contributed by atoms with Gasteiger partial charge < -0.3 is 66.4 Å². The van der Waals surface area contributed by atoms with Gasteiger partial charge in [-0.25, -0.2) is 39.9 Å². The van der Waals surface area contributed by atoms with Crippen LogP contribution in [0.3, 0.4) is 0 Å². The molecule has 25 nitrogen and oxygen atoms in total. The Labute approximate surface area is 751 Å². The van der Waals surface area contributed by atoms with E-state index in [4.69, 9.17) is 29.9 Å². The van der Waals surface area contributed by atoms with Crippen molar-refractivity contribution in [3.8, 4) is 165 Å². The second-order valence-electron chi connectivity index (χ2n) is 30.6. The highest BCUT2D eigenvalue weighted by molar-refractivity contribution is 7.22. The van der Waals surface area contributed by atoms with E-state index in [1.165, 1.54) is 0 Å². The highest BCUT2D eigenvalue weighted by Gasteiger charge is 2.26. The SMILES string of the molecule is Oc1ccc(Cc2nc3c(-c4cc5ccccc5s4)nc(-c4ccc(O)cc4)cn3c2O)cc1.Oc1ccc(Cc2nc3c(-c4ccc(O)cc4)nc(-c4ccc(O)cc4)cn3c2O)cc1.Oc1ccc(Cc2nc3c(-c4ccsc4)nc(-c4ccc(O)cc4)cn3c2O)cc1.Oc1ccc(Cc2nc3c(-c4csc5ccccc45)nc(-c4ccc(O)cc4)cn3c2O)cc1. The van der Waals surface area contributed by atoms with E-state index in [1.54, 1.807) is 271 Å². The van der Waals surface area contributed by atoms with Crippen LogP contribution in [0.4, 0.5) is 0 Å². The molecule has 0 aliphatic carbocycles. The first kappa shape index (κ1) is 82.5. The average Bonchev–Trinajstić information content (AvgIpc) is 1.63. The van der Waals surface area contributed by atoms with Gasteiger partial charge in [-0.1, -0.05) is 84.9 Å². The van der Waals surface area contributed by atoms with Crippen LogP contribution in [0.2, 0.25) is 0 Å². The fourth-order valence-electron chi connectivity index (χ4n) is 15.1. The number of phenolic OH excluding ortho intramolecular Hbond substituents is 9. The summed E-state index contributed by atoms with van der Waals surface area (Å²) in [4.78, 5) is 39.4. The number of fused-ring (bicyclic) bond motifs is 6. The molecule has 11 aromatic heterocycles. The van der Waals surface area contributed by atoms with Crippen molar-refractivity contribution in [1.29, 1.82) is 0 Å². The minimum absolute atomic E-state index is 0.00414. The van der Waals surface area contributed by atoms with Gasteiger partial charge in [0.1, 0.15) is 97.3 Å². The first-order valence-electron chi connectivity index (χ1n) is 40.7. The molecule has 0 saturated heterocycles. The van der Waals surface area contributed by atoms with Gasteiger partial charge in [-0.3, -0.25) is 17.6 Å². The number of aromatic nitrogens is 12. The average molecular weight is 1770 g/mol. The highest BCUT2D eigenvalue weighted by atomic mass is 32.1. The van der Waals surface area contributed by atoms with Gasteiger partial charge in [0, 0.05) is 115 Å². The summed E-state index contributed by atoms with van der Waals surface area (Å²) in [6.45, 7) is 0. The van der Waals surface area contributed by atoms with E-state index in [0.717, 1.165) is 86.2 Å². The highest BCUT2D eigenvalue weighted by Crippen LogP contribution is 2.43. The number of benzene rings is 11. The molecule has 130 heavy (non-hydrogen) atoms. The Bertz CT molecular complexity index is 7860. The van der Waals surface area contributed by atoms with E-state index in [1.807, 2.05) is 65.4 Å². The molecule has 638 valence electrons. The Morgan fingerprint density at radius 3 is 0.892 bits per heavy atom. The third kappa shape index (κ3) is 17.2. The molecule has 0 radical (unpaired) electrons. The quantitative estimate of drug-likeness (QED) is 0.0427. The molecule has 0 bridgehead atoms. The second-order valence-corrected chi connectivity index (χ2v) is 33.4. The number of phenols is 9. The lowest BCUT2D eigenvalue weighted by Crippen LogP contribution is -1.96. The van der Waals surface area contributed by atoms with E-state index in [9.17, 15) is 66.4 Å². The Morgan fingerprint density at radius 1 is 0.254 bits per heavy atom. The summed E-state index contributed by atoms with van der Waals surface area (Å²) in [5.41, 5.74) is 18.8. The van der Waals surface area contributed by atoms with Crippen LogP contribution in [-0.4, -0.2) is 124 Å². The van der Waals surface area contributed by atoms with Gasteiger partial charge in [0.15, 0.2) is 22.6 Å². The Kier molecular flexibility index (Phi) is 22.3. The van der Waals surface area contributed by atoms with Crippen molar-refractivity contribution in [3.05, 3.63) is 365 Å². The standard InChI is InChI=1S/2C27H19N3O3S.C25H19N3O4.C23H17N3O3S/c31-18-9-5-16(6-10-18)13-22-27(33)30-14-23(17-7-11-19(32)12-8-17)28-25(26(30)29-22)21-15-34-24-4-2-1-3-20(21)24;31-19-9-5-16(6-10-19)13-21-27(33)30-15-22(17-7-11-20(32)12-8-17)28-25(26(30)29-21)24-14-18-3-1-2-4-23(18)34-24;29-18-7-1-15(2-8-18)13-21-25(32)28-14-22(16-3-9-19(30)10-4-16)26-23(24(28)27-21)17-5-11-20(31)12-6-17;27-17-5-1-14(2-6-17)11-19-23(29)26-12-20(15-3-7-18(28)8-4-15)24-21(22(26)25-19)16-9-10-30-13-16/h2*1-12,14-15,31-33H,13H2;1-12,14,29-32H,13H2;1-10,12-13,27-29H,11H2. The maximum Gasteiger partial charge on any atom is 0.219 e. The number of aromatic hydroxyl groups is 13. The molecule has 28 heteroatoms. The van der Waals surface area contributed by atoms with Crippen molar-refractivity contribution in [2.45, 2.75) is 25.7 Å². The molecule has 0 spiro atoms. The van der Waals surface area contributed by atoms with Gasteiger partial charge in [0.25, 0.3) is 0 Å². The summed E-state index contributed by atoms with van der Waals surface area (Å²) in [6, 6.07) is 81.4. The molecule has 0 aliphatic rings. The molecule has 0 unspecified atom stereocenters. The lowest BCUT2D eigenvalue weighted by molar-refractivity contribution is 0.442. The smallest absolute Gasteiger partial charge is 0.219 e. The van der Waals surface area contributed by atoms with E-state index in [0.29, 0.717) is 117 Å². The predicted molar refractivity (Wildman–Crippen MR) is 503 cm³/mol. The molecule has 13 N–H and O–H groups in total. The zero-order chi connectivity index (χ0) is 89.4. The predicted octanol–water partition coefficient (Wildman–Crippen LogP) is 21.3. The minimum Gasteiger partial charge on any atom is -0.508 e. The van der Waals surface area contributed by atoms with Crippen LogP contribution in [0.1, 0.15) is 45.0 Å². The summed E-state index contributed by atoms with van der Waals surface area (Å²) in [6.07, 6.45) is 8.60. The molecule has 0 aliphatic heterocycles. The maximum atomic E-state index is 11.1. The fourth-order valence-corrected chi connectivity index (χ4v) is 17.8. The molecule has 22 aromatic rings. The first-order valence-corrected chi connectivity index (χ1v) is 43.3. The second kappa shape index (κ2) is 35.2.